The predicted molar refractivity (Wildman–Crippen MR) is 155 cm³/mol. The minimum atomic E-state index is -0.429. The fourth-order valence-electron chi connectivity index (χ4n) is 5.58. The third-order valence-corrected chi connectivity index (χ3v) is 7.82. The van der Waals surface area contributed by atoms with Gasteiger partial charge in [-0.05, 0) is 37.0 Å². The lowest BCUT2D eigenvalue weighted by atomic mass is 9.95. The van der Waals surface area contributed by atoms with E-state index in [1.54, 1.807) is 23.1 Å². The molecule has 10 heteroatoms. The highest BCUT2D eigenvalue weighted by molar-refractivity contribution is 5.99. The highest BCUT2D eigenvalue weighted by atomic mass is 16.5. The van der Waals surface area contributed by atoms with Crippen LogP contribution in [0.3, 0.4) is 0 Å². The minimum Gasteiger partial charge on any atom is -0.505 e. The first-order valence-electron chi connectivity index (χ1n) is 14.1. The van der Waals surface area contributed by atoms with Crippen LogP contribution in [0.4, 0.5) is 17.1 Å². The summed E-state index contributed by atoms with van der Waals surface area (Å²) in [6.45, 7) is 3.74. The molecule has 1 atom stereocenters. The van der Waals surface area contributed by atoms with Crippen molar-refractivity contribution in [1.29, 1.82) is 0 Å². The Balaban J connectivity index is 1.56. The van der Waals surface area contributed by atoms with Crippen LogP contribution in [0.5, 0.6) is 5.75 Å². The van der Waals surface area contributed by atoms with Crippen molar-refractivity contribution >= 4 is 23.0 Å². The number of morpholine rings is 1. The van der Waals surface area contributed by atoms with E-state index < -0.39 is 5.56 Å². The van der Waals surface area contributed by atoms with Gasteiger partial charge in [-0.2, -0.15) is 0 Å². The number of anilines is 3. The summed E-state index contributed by atoms with van der Waals surface area (Å²) in [6, 6.07) is 14.2. The number of phenolic OH excluding ortho intramolecular Hbond substituents is 1. The number of benzene rings is 2. The normalized spacial score (nSPS) is 16.9. The summed E-state index contributed by atoms with van der Waals surface area (Å²) in [5.41, 5.74) is 0.588. The van der Waals surface area contributed by atoms with Gasteiger partial charge in [0.25, 0.3) is 17.0 Å². The Morgan fingerprint density at radius 1 is 1.02 bits per heavy atom. The maximum absolute atomic E-state index is 13.9. The van der Waals surface area contributed by atoms with Crippen LogP contribution >= 0.6 is 0 Å². The second kappa shape index (κ2) is 12.4. The van der Waals surface area contributed by atoms with Crippen LogP contribution in [-0.4, -0.2) is 52.0 Å². The zero-order valence-corrected chi connectivity index (χ0v) is 22.8. The second-order valence-electron chi connectivity index (χ2n) is 10.4. The number of carbonyl (C=O) groups is 1. The van der Waals surface area contributed by atoms with E-state index in [1.165, 1.54) is 4.68 Å². The van der Waals surface area contributed by atoms with Crippen LogP contribution < -0.4 is 21.8 Å². The monoisotopic (exact) mass is 547 g/mol. The van der Waals surface area contributed by atoms with Crippen LogP contribution in [0.2, 0.25) is 0 Å². The molecule has 1 saturated heterocycles. The summed E-state index contributed by atoms with van der Waals surface area (Å²) in [4.78, 5) is 42.3. The predicted octanol–water partition coefficient (Wildman–Crippen LogP) is 4.53. The molecule has 2 aromatic carbocycles. The van der Waals surface area contributed by atoms with Gasteiger partial charge in [0.05, 0.1) is 36.5 Å². The average Bonchev–Trinajstić information content (AvgIpc) is 3.00. The Kier molecular flexibility index (Phi) is 8.54. The van der Waals surface area contributed by atoms with E-state index in [2.05, 4.69) is 15.7 Å². The maximum atomic E-state index is 13.9. The Hall–Kier alpha value is -4.05. The Morgan fingerprint density at radius 3 is 2.45 bits per heavy atom. The molecule has 3 aromatic rings. The average molecular weight is 548 g/mol. The Bertz CT molecular complexity index is 1440. The van der Waals surface area contributed by atoms with Crippen LogP contribution in [0.15, 0.2) is 58.1 Å². The summed E-state index contributed by atoms with van der Waals surface area (Å²) in [6.07, 6.45) is 5.36. The number of carbonyl (C=O) groups excluding carboxylic acids is 1. The third kappa shape index (κ3) is 5.77. The molecule has 40 heavy (non-hydrogen) atoms. The number of aromatic amines is 1. The molecule has 1 unspecified atom stereocenters. The number of ether oxygens (including phenoxy) is 1. The van der Waals surface area contributed by atoms with Gasteiger partial charge in [-0.25, -0.2) is 4.68 Å². The van der Waals surface area contributed by atoms with E-state index in [-0.39, 0.29) is 51.9 Å². The van der Waals surface area contributed by atoms with Gasteiger partial charge >= 0.3 is 0 Å². The van der Waals surface area contributed by atoms with Crippen molar-refractivity contribution in [3.05, 3.63) is 80.4 Å². The summed E-state index contributed by atoms with van der Waals surface area (Å²) in [5.74, 6) is -0.590. The van der Waals surface area contributed by atoms with Crippen molar-refractivity contribution in [2.75, 3.05) is 36.9 Å². The van der Waals surface area contributed by atoms with Crippen molar-refractivity contribution < 1.29 is 14.6 Å². The lowest BCUT2D eigenvalue weighted by Gasteiger charge is -2.27. The number of rotatable bonds is 8. The van der Waals surface area contributed by atoms with E-state index in [4.69, 9.17) is 4.74 Å². The molecule has 1 saturated carbocycles. The van der Waals surface area contributed by atoms with Crippen LogP contribution in [-0.2, 0) is 4.74 Å². The van der Waals surface area contributed by atoms with Gasteiger partial charge in [0.1, 0.15) is 11.4 Å². The lowest BCUT2D eigenvalue weighted by Crippen LogP contribution is -2.40. The van der Waals surface area contributed by atoms with Crippen LogP contribution in [0, 0.1) is 0 Å². The van der Waals surface area contributed by atoms with Crippen molar-refractivity contribution in [2.24, 2.45) is 0 Å². The van der Waals surface area contributed by atoms with Gasteiger partial charge in [-0.3, -0.25) is 19.5 Å². The topological polar surface area (TPSA) is 129 Å². The van der Waals surface area contributed by atoms with Gasteiger partial charge < -0.3 is 25.4 Å². The maximum Gasteiger partial charge on any atom is 0.291 e. The molecule has 2 heterocycles. The smallest absolute Gasteiger partial charge is 0.291 e. The van der Waals surface area contributed by atoms with Crippen LogP contribution in [0.1, 0.15) is 73.5 Å². The number of nitrogens with one attached hydrogen (secondary N) is 3. The summed E-state index contributed by atoms with van der Waals surface area (Å²) >= 11 is 0. The van der Waals surface area contributed by atoms with E-state index in [0.717, 1.165) is 37.7 Å². The summed E-state index contributed by atoms with van der Waals surface area (Å²) < 4.78 is 6.77. The molecular formula is C30H37N5O5. The Labute approximate surface area is 233 Å². The van der Waals surface area contributed by atoms with Crippen molar-refractivity contribution in [1.82, 2.24) is 14.7 Å². The fourth-order valence-corrected chi connectivity index (χ4v) is 5.58. The first-order valence-corrected chi connectivity index (χ1v) is 14.1. The van der Waals surface area contributed by atoms with E-state index in [0.29, 0.717) is 32.7 Å². The summed E-state index contributed by atoms with van der Waals surface area (Å²) in [7, 11) is 0. The molecule has 0 radical (unpaired) electrons. The van der Waals surface area contributed by atoms with E-state index in [1.807, 2.05) is 37.3 Å². The lowest BCUT2D eigenvalue weighted by molar-refractivity contribution is 0.0301. The SMILES string of the molecule is CCC(Nc1c(Nc2cccc(C(=O)N3CCOCC3)c2O)c(=O)n(C2CCCCC2)[nH]c1=O)c1ccccc1. The molecule has 5 rings (SSSR count). The molecule has 0 spiro atoms. The highest BCUT2D eigenvalue weighted by Crippen LogP contribution is 2.34. The largest absolute Gasteiger partial charge is 0.505 e. The Morgan fingerprint density at radius 2 is 1.75 bits per heavy atom. The van der Waals surface area contributed by atoms with Crippen LogP contribution in [0.25, 0.3) is 0 Å². The third-order valence-electron chi connectivity index (χ3n) is 7.82. The van der Waals surface area contributed by atoms with Crippen molar-refractivity contribution in [3.8, 4) is 5.75 Å². The number of amides is 1. The molecule has 1 aliphatic carbocycles. The standard InChI is InChI=1S/C30H37N5O5/c1-2-23(20-10-5-3-6-11-20)31-25-26(30(39)35(33-28(25)37)21-12-7-4-8-13-21)32-24-15-9-14-22(27(24)36)29(38)34-16-18-40-19-17-34/h3,5-6,9-11,14-15,21,23,31-32,36H,2,4,7-8,12-13,16-19H2,1H3,(H,33,37). The van der Waals surface area contributed by atoms with Crippen molar-refractivity contribution in [3.63, 3.8) is 0 Å². The number of aromatic nitrogens is 2. The zero-order valence-electron chi connectivity index (χ0n) is 22.8. The minimum absolute atomic E-state index is 0.0370. The molecule has 212 valence electrons. The quantitative estimate of drug-likeness (QED) is 0.305. The molecule has 2 fully saturated rings. The summed E-state index contributed by atoms with van der Waals surface area (Å²) in [5, 5.41) is 20.3. The number of nitrogens with zero attached hydrogens (tertiary/aromatic N) is 2. The molecular weight excluding hydrogens is 510 g/mol. The number of para-hydroxylation sites is 1. The second-order valence-corrected chi connectivity index (χ2v) is 10.4. The van der Waals surface area contributed by atoms with E-state index in [9.17, 15) is 19.5 Å². The zero-order chi connectivity index (χ0) is 28.1. The van der Waals surface area contributed by atoms with Gasteiger partial charge in [-0.15, -0.1) is 0 Å². The van der Waals surface area contributed by atoms with Crippen molar-refractivity contribution in [2.45, 2.75) is 57.5 Å². The number of hydrogen-bond acceptors (Lipinski definition) is 7. The highest BCUT2D eigenvalue weighted by Gasteiger charge is 2.26. The van der Waals surface area contributed by atoms with Gasteiger partial charge in [0.2, 0.25) is 0 Å². The molecule has 1 aromatic heterocycles. The van der Waals surface area contributed by atoms with Gasteiger partial charge in [0.15, 0.2) is 5.75 Å². The number of hydrogen-bond donors (Lipinski definition) is 4. The van der Waals surface area contributed by atoms with Gasteiger partial charge in [0, 0.05) is 13.1 Å². The molecule has 0 bridgehead atoms. The molecule has 10 nitrogen and oxygen atoms in total. The van der Waals surface area contributed by atoms with Gasteiger partial charge in [-0.1, -0.05) is 62.6 Å². The number of phenols is 1. The first-order chi connectivity index (χ1) is 19.5. The molecule has 4 N–H and O–H groups in total. The molecule has 1 aliphatic heterocycles. The fraction of sp³-hybridized carbons (Fsp3) is 0.433. The number of aromatic hydroxyl groups is 1. The molecule has 1 amide bonds. The molecule has 2 aliphatic rings. The number of H-pyrrole nitrogens is 1. The van der Waals surface area contributed by atoms with E-state index >= 15 is 0 Å². The first kappa shape index (κ1) is 27.5.